The lowest BCUT2D eigenvalue weighted by Crippen LogP contribution is -2.31. The third-order valence-corrected chi connectivity index (χ3v) is 3.78. The van der Waals surface area contributed by atoms with Gasteiger partial charge in [0.1, 0.15) is 5.15 Å². The van der Waals surface area contributed by atoms with Crippen LogP contribution in [0.4, 0.5) is 0 Å². The number of aromatic nitrogens is 1. The molecule has 0 atom stereocenters. The van der Waals surface area contributed by atoms with Crippen LogP contribution in [0.5, 0.6) is 5.88 Å². The molecule has 1 aromatic heterocycles. The van der Waals surface area contributed by atoms with Gasteiger partial charge in [-0.25, -0.2) is 4.98 Å². The molecule has 0 aliphatic carbocycles. The standard InChI is InChI=1S/C14H20ClNO4/c1-13(2,18-5)11-9(14(3)19-6-7-20-14)8-10(15)16-12(11)17-4/h8H,6-7H2,1-5H3. The van der Waals surface area contributed by atoms with Crippen molar-refractivity contribution >= 4 is 11.6 Å². The van der Waals surface area contributed by atoms with Crippen molar-refractivity contribution < 1.29 is 18.9 Å². The van der Waals surface area contributed by atoms with E-state index in [0.29, 0.717) is 24.2 Å². The molecule has 6 heteroatoms. The van der Waals surface area contributed by atoms with Gasteiger partial charge >= 0.3 is 0 Å². The molecule has 0 aromatic carbocycles. The first-order chi connectivity index (χ1) is 9.34. The minimum absolute atomic E-state index is 0.327. The van der Waals surface area contributed by atoms with Crippen LogP contribution < -0.4 is 4.74 Å². The van der Waals surface area contributed by atoms with Gasteiger partial charge in [0.05, 0.1) is 31.5 Å². The zero-order chi connectivity index (χ0) is 15.0. The van der Waals surface area contributed by atoms with E-state index < -0.39 is 11.4 Å². The monoisotopic (exact) mass is 301 g/mol. The van der Waals surface area contributed by atoms with E-state index in [2.05, 4.69) is 4.98 Å². The van der Waals surface area contributed by atoms with Crippen molar-refractivity contribution in [2.24, 2.45) is 0 Å². The minimum Gasteiger partial charge on any atom is -0.481 e. The summed E-state index contributed by atoms with van der Waals surface area (Å²) in [6.45, 7) is 6.79. The summed E-state index contributed by atoms with van der Waals surface area (Å²) >= 11 is 6.09. The fourth-order valence-electron chi connectivity index (χ4n) is 2.35. The summed E-state index contributed by atoms with van der Waals surface area (Å²) in [6.07, 6.45) is 0. The molecule has 0 amide bonds. The van der Waals surface area contributed by atoms with Crippen LogP contribution in [0.1, 0.15) is 31.9 Å². The van der Waals surface area contributed by atoms with Gasteiger partial charge in [0.25, 0.3) is 0 Å². The highest BCUT2D eigenvalue weighted by Gasteiger charge is 2.41. The Morgan fingerprint density at radius 2 is 1.90 bits per heavy atom. The van der Waals surface area contributed by atoms with Gasteiger partial charge in [-0.1, -0.05) is 11.6 Å². The Hall–Kier alpha value is -0.880. The highest BCUT2D eigenvalue weighted by molar-refractivity contribution is 6.29. The van der Waals surface area contributed by atoms with Crippen molar-refractivity contribution in [3.05, 3.63) is 22.3 Å². The Balaban J connectivity index is 2.68. The van der Waals surface area contributed by atoms with E-state index in [1.54, 1.807) is 20.3 Å². The molecule has 20 heavy (non-hydrogen) atoms. The second kappa shape index (κ2) is 5.48. The lowest BCUT2D eigenvalue weighted by atomic mass is 9.90. The smallest absolute Gasteiger partial charge is 0.221 e. The summed E-state index contributed by atoms with van der Waals surface area (Å²) in [7, 11) is 3.19. The molecule has 1 aliphatic heterocycles. The van der Waals surface area contributed by atoms with Gasteiger partial charge in [-0.05, 0) is 26.8 Å². The third-order valence-electron chi connectivity index (χ3n) is 3.59. The molecule has 0 saturated carbocycles. The molecule has 2 heterocycles. The van der Waals surface area contributed by atoms with Crippen LogP contribution in [0.25, 0.3) is 0 Å². The third kappa shape index (κ3) is 2.63. The maximum Gasteiger partial charge on any atom is 0.221 e. The predicted molar refractivity (Wildman–Crippen MR) is 75.1 cm³/mol. The summed E-state index contributed by atoms with van der Waals surface area (Å²) in [4.78, 5) is 4.22. The van der Waals surface area contributed by atoms with Crippen molar-refractivity contribution in [2.75, 3.05) is 27.4 Å². The first kappa shape index (κ1) is 15.5. The Labute approximate surface area is 124 Å². The maximum atomic E-state index is 6.09. The van der Waals surface area contributed by atoms with Gasteiger partial charge in [0, 0.05) is 12.7 Å². The summed E-state index contributed by atoms with van der Waals surface area (Å²) < 4.78 is 22.4. The van der Waals surface area contributed by atoms with Crippen LogP contribution in [0, 0.1) is 0 Å². The Bertz CT molecular complexity index is 498. The van der Waals surface area contributed by atoms with Crippen molar-refractivity contribution in [3.8, 4) is 5.88 Å². The van der Waals surface area contributed by atoms with Gasteiger partial charge < -0.3 is 18.9 Å². The van der Waals surface area contributed by atoms with E-state index in [9.17, 15) is 0 Å². The zero-order valence-electron chi connectivity index (χ0n) is 12.4. The summed E-state index contributed by atoms with van der Waals surface area (Å²) in [6, 6.07) is 1.74. The van der Waals surface area contributed by atoms with Crippen LogP contribution in [0.3, 0.4) is 0 Å². The van der Waals surface area contributed by atoms with Crippen molar-refractivity contribution in [1.82, 2.24) is 4.98 Å². The van der Waals surface area contributed by atoms with E-state index in [1.807, 2.05) is 20.8 Å². The molecule has 0 unspecified atom stereocenters. The lowest BCUT2D eigenvalue weighted by Gasteiger charge is -2.33. The average Bonchev–Trinajstić information content (AvgIpc) is 2.85. The topological polar surface area (TPSA) is 49.8 Å². The first-order valence-corrected chi connectivity index (χ1v) is 6.80. The second-order valence-electron chi connectivity index (χ2n) is 5.23. The molecule has 1 saturated heterocycles. The summed E-state index contributed by atoms with van der Waals surface area (Å²) in [5, 5.41) is 0.327. The van der Waals surface area contributed by atoms with Gasteiger partial charge in [0.15, 0.2) is 5.79 Å². The highest BCUT2D eigenvalue weighted by Crippen LogP contribution is 2.43. The molecule has 1 aromatic rings. The molecule has 0 bridgehead atoms. The molecular formula is C14H20ClNO4. The minimum atomic E-state index is -0.870. The number of halogens is 1. The Morgan fingerprint density at radius 1 is 1.30 bits per heavy atom. The van der Waals surface area contributed by atoms with Crippen LogP contribution >= 0.6 is 11.6 Å². The summed E-state index contributed by atoms with van der Waals surface area (Å²) in [5.74, 6) is -0.454. The van der Waals surface area contributed by atoms with Gasteiger partial charge in [-0.15, -0.1) is 0 Å². The van der Waals surface area contributed by atoms with Gasteiger partial charge in [-0.3, -0.25) is 0 Å². The van der Waals surface area contributed by atoms with Gasteiger partial charge in [0.2, 0.25) is 5.88 Å². The van der Waals surface area contributed by atoms with Crippen LogP contribution in [0.2, 0.25) is 5.15 Å². The van der Waals surface area contributed by atoms with E-state index in [1.165, 1.54) is 0 Å². The quantitative estimate of drug-likeness (QED) is 0.800. The Kier molecular flexibility index (Phi) is 4.25. The van der Waals surface area contributed by atoms with E-state index in [0.717, 1.165) is 11.1 Å². The molecule has 5 nitrogen and oxygen atoms in total. The van der Waals surface area contributed by atoms with Crippen LogP contribution in [0.15, 0.2) is 6.07 Å². The first-order valence-electron chi connectivity index (χ1n) is 6.42. The van der Waals surface area contributed by atoms with Crippen molar-refractivity contribution in [3.63, 3.8) is 0 Å². The van der Waals surface area contributed by atoms with Crippen molar-refractivity contribution in [1.29, 1.82) is 0 Å². The maximum absolute atomic E-state index is 6.09. The fraction of sp³-hybridized carbons (Fsp3) is 0.643. The highest BCUT2D eigenvalue weighted by atomic mass is 35.5. The average molecular weight is 302 g/mol. The number of hydrogen-bond acceptors (Lipinski definition) is 5. The van der Waals surface area contributed by atoms with Crippen molar-refractivity contribution in [2.45, 2.75) is 32.2 Å². The number of rotatable bonds is 4. The SMILES string of the molecule is COc1nc(Cl)cc(C2(C)OCCO2)c1C(C)(C)OC. The molecule has 0 radical (unpaired) electrons. The molecule has 0 N–H and O–H groups in total. The van der Waals surface area contributed by atoms with Crippen LogP contribution in [-0.2, 0) is 25.6 Å². The molecule has 1 fully saturated rings. The second-order valence-corrected chi connectivity index (χ2v) is 5.62. The molecule has 0 spiro atoms. The zero-order valence-corrected chi connectivity index (χ0v) is 13.2. The number of ether oxygens (including phenoxy) is 4. The number of methoxy groups -OCH3 is 2. The molecule has 2 rings (SSSR count). The summed E-state index contributed by atoms with van der Waals surface area (Å²) in [5.41, 5.74) is 0.936. The van der Waals surface area contributed by atoms with E-state index in [-0.39, 0.29) is 0 Å². The van der Waals surface area contributed by atoms with E-state index >= 15 is 0 Å². The van der Waals surface area contributed by atoms with Crippen LogP contribution in [-0.4, -0.2) is 32.4 Å². The number of nitrogens with zero attached hydrogens (tertiary/aromatic N) is 1. The molecule has 112 valence electrons. The normalized spacial score (nSPS) is 18.3. The number of hydrogen-bond donors (Lipinski definition) is 0. The van der Waals surface area contributed by atoms with E-state index in [4.69, 9.17) is 30.5 Å². The fourth-order valence-corrected chi connectivity index (χ4v) is 2.54. The lowest BCUT2D eigenvalue weighted by molar-refractivity contribution is -0.152. The predicted octanol–water partition coefficient (Wildman–Crippen LogP) is 2.84. The molecular weight excluding hydrogens is 282 g/mol. The van der Waals surface area contributed by atoms with Gasteiger partial charge in [-0.2, -0.15) is 0 Å². The number of pyridine rings is 1. The molecule has 1 aliphatic rings. The largest absolute Gasteiger partial charge is 0.481 e. The Morgan fingerprint density at radius 3 is 2.40 bits per heavy atom.